The maximum Gasteiger partial charge on any atom is 0.302 e. The van der Waals surface area contributed by atoms with Gasteiger partial charge < -0.3 is 10.1 Å². The van der Waals surface area contributed by atoms with E-state index in [1.165, 1.54) is 23.1 Å². The smallest absolute Gasteiger partial charge is 0.302 e. The number of aryl methyl sites for hydroxylation is 1. The highest BCUT2D eigenvalue weighted by atomic mass is 35.5. The molecule has 0 spiro atoms. The number of Topliss-reactive ketones (excluding diaryl/α,β-unsaturated/α-hetero) is 1. The van der Waals surface area contributed by atoms with E-state index in [1.807, 2.05) is 25.1 Å². The number of aliphatic hydroxyl groups is 1. The van der Waals surface area contributed by atoms with E-state index in [4.69, 9.17) is 23.2 Å². The van der Waals surface area contributed by atoms with Crippen molar-refractivity contribution < 1.29 is 14.7 Å². The summed E-state index contributed by atoms with van der Waals surface area (Å²) in [7, 11) is 0. The van der Waals surface area contributed by atoms with Crippen molar-refractivity contribution in [3.63, 3.8) is 0 Å². The molecule has 0 saturated carbocycles. The molecule has 33 heavy (non-hydrogen) atoms. The fourth-order valence-electron chi connectivity index (χ4n) is 3.89. The number of hydrogen-bond acceptors (Lipinski definition) is 5. The lowest BCUT2D eigenvalue weighted by atomic mass is 9.98. The van der Waals surface area contributed by atoms with Crippen molar-refractivity contribution in [1.82, 2.24) is 15.0 Å². The van der Waals surface area contributed by atoms with Crippen molar-refractivity contribution in [2.24, 2.45) is 0 Å². The Hall–Kier alpha value is -3.68. The molecule has 2 aromatic carbocycles. The van der Waals surface area contributed by atoms with Gasteiger partial charge in [0.05, 0.1) is 32.3 Å². The number of nitrogens with zero attached hydrogens (tertiary/aromatic N) is 3. The minimum absolute atomic E-state index is 0.117. The SMILES string of the molecule is Cc1ccc2nc(N3C(=O)C(=O)/C(=C(/O)c4ccc(Cl)c(Cl)c4)C3c3ccccn3)[nH]c2c1. The van der Waals surface area contributed by atoms with Gasteiger partial charge in [0.2, 0.25) is 5.95 Å². The van der Waals surface area contributed by atoms with Gasteiger partial charge in [-0.15, -0.1) is 0 Å². The Bertz CT molecular complexity index is 1460. The largest absolute Gasteiger partial charge is 0.507 e. The normalized spacial score (nSPS) is 17.8. The topological polar surface area (TPSA) is 99.2 Å². The van der Waals surface area contributed by atoms with Gasteiger partial charge in [-0.2, -0.15) is 0 Å². The Morgan fingerprint density at radius 1 is 1.06 bits per heavy atom. The minimum Gasteiger partial charge on any atom is -0.507 e. The highest BCUT2D eigenvalue weighted by Crippen LogP contribution is 2.41. The summed E-state index contributed by atoms with van der Waals surface area (Å²) < 4.78 is 0. The van der Waals surface area contributed by atoms with E-state index in [0.717, 1.165) is 11.1 Å². The van der Waals surface area contributed by atoms with E-state index >= 15 is 0 Å². The number of anilines is 1. The van der Waals surface area contributed by atoms with E-state index in [2.05, 4.69) is 15.0 Å². The summed E-state index contributed by atoms with van der Waals surface area (Å²) in [6, 6.07) is 14.2. The van der Waals surface area contributed by atoms with Gasteiger partial charge in [0.1, 0.15) is 11.8 Å². The molecule has 0 radical (unpaired) electrons. The van der Waals surface area contributed by atoms with E-state index in [1.54, 1.807) is 24.4 Å². The van der Waals surface area contributed by atoms with Crippen LogP contribution in [0, 0.1) is 6.92 Å². The number of rotatable bonds is 3. The number of imidazole rings is 1. The molecule has 5 rings (SSSR count). The average molecular weight is 479 g/mol. The number of carbonyl (C=O) groups excluding carboxylic acids is 2. The molecule has 1 aliphatic heterocycles. The second-order valence-electron chi connectivity index (χ2n) is 7.63. The third kappa shape index (κ3) is 3.55. The zero-order valence-corrected chi connectivity index (χ0v) is 18.7. The zero-order chi connectivity index (χ0) is 23.3. The van der Waals surface area contributed by atoms with Crippen LogP contribution in [-0.2, 0) is 9.59 Å². The van der Waals surface area contributed by atoms with Crippen LogP contribution in [0.3, 0.4) is 0 Å². The molecule has 1 fully saturated rings. The van der Waals surface area contributed by atoms with Gasteiger partial charge in [0, 0.05) is 11.8 Å². The number of hydrogen-bond donors (Lipinski definition) is 2. The third-order valence-electron chi connectivity index (χ3n) is 5.46. The second kappa shape index (κ2) is 8.03. The first-order valence-electron chi connectivity index (χ1n) is 9.99. The summed E-state index contributed by atoms with van der Waals surface area (Å²) >= 11 is 12.1. The number of ketones is 1. The molecule has 1 amide bonds. The molecular weight excluding hydrogens is 463 g/mol. The van der Waals surface area contributed by atoms with Crippen LogP contribution in [0.25, 0.3) is 16.8 Å². The fourth-order valence-corrected chi connectivity index (χ4v) is 4.19. The first-order chi connectivity index (χ1) is 15.8. The van der Waals surface area contributed by atoms with Crippen LogP contribution in [-0.4, -0.2) is 31.7 Å². The first-order valence-corrected chi connectivity index (χ1v) is 10.7. The van der Waals surface area contributed by atoms with Crippen LogP contribution < -0.4 is 4.90 Å². The minimum atomic E-state index is -0.998. The maximum absolute atomic E-state index is 13.2. The standard InChI is InChI=1S/C24H16Cl2N4O3/c1-12-5-8-16-18(10-12)29-24(28-16)30-20(17-4-2-3-9-27-17)19(22(32)23(30)33)21(31)13-6-7-14(25)15(26)11-13/h2-11,20,31H,1H3,(H,28,29)/b21-19+. The van der Waals surface area contributed by atoms with Gasteiger partial charge in [0.15, 0.2) is 0 Å². The number of aromatic nitrogens is 3. The maximum atomic E-state index is 13.2. The van der Waals surface area contributed by atoms with Gasteiger partial charge >= 0.3 is 5.91 Å². The number of amides is 1. The van der Waals surface area contributed by atoms with Crippen molar-refractivity contribution in [2.75, 3.05) is 4.90 Å². The molecule has 164 valence electrons. The molecule has 1 unspecified atom stereocenters. The number of carbonyl (C=O) groups is 2. The van der Waals surface area contributed by atoms with Crippen LogP contribution in [0.1, 0.15) is 22.9 Å². The predicted molar refractivity (Wildman–Crippen MR) is 126 cm³/mol. The lowest BCUT2D eigenvalue weighted by molar-refractivity contribution is -0.132. The monoisotopic (exact) mass is 478 g/mol. The number of pyridine rings is 1. The Kier molecular flexibility index (Phi) is 5.15. The predicted octanol–water partition coefficient (Wildman–Crippen LogP) is 5.20. The third-order valence-corrected chi connectivity index (χ3v) is 6.20. The Labute approximate surface area is 198 Å². The molecule has 2 N–H and O–H groups in total. The van der Waals surface area contributed by atoms with Crippen LogP contribution in [0.15, 0.2) is 66.4 Å². The molecule has 4 aromatic rings. The lowest BCUT2D eigenvalue weighted by Crippen LogP contribution is -2.30. The molecule has 1 saturated heterocycles. The number of aliphatic hydroxyl groups excluding tert-OH is 1. The quantitative estimate of drug-likeness (QED) is 0.239. The second-order valence-corrected chi connectivity index (χ2v) is 8.45. The molecule has 1 aliphatic rings. The Balaban J connectivity index is 1.73. The summed E-state index contributed by atoms with van der Waals surface area (Å²) in [5.41, 5.74) is 2.91. The number of aromatic amines is 1. The van der Waals surface area contributed by atoms with Gasteiger partial charge in [-0.3, -0.25) is 19.5 Å². The fraction of sp³-hybridized carbons (Fsp3) is 0.0833. The Morgan fingerprint density at radius 3 is 2.61 bits per heavy atom. The van der Waals surface area contributed by atoms with Gasteiger partial charge in [0.25, 0.3) is 5.78 Å². The highest BCUT2D eigenvalue weighted by molar-refractivity contribution is 6.51. The van der Waals surface area contributed by atoms with E-state index in [-0.39, 0.29) is 27.9 Å². The molecule has 1 atom stereocenters. The van der Waals surface area contributed by atoms with Crippen molar-refractivity contribution in [3.8, 4) is 0 Å². The van der Waals surface area contributed by atoms with Crippen LogP contribution >= 0.6 is 23.2 Å². The molecule has 2 aromatic heterocycles. The van der Waals surface area contributed by atoms with Gasteiger partial charge in [-0.1, -0.05) is 35.3 Å². The number of nitrogens with one attached hydrogen (secondary N) is 1. The zero-order valence-electron chi connectivity index (χ0n) is 17.2. The molecule has 7 nitrogen and oxygen atoms in total. The Morgan fingerprint density at radius 2 is 1.88 bits per heavy atom. The van der Waals surface area contributed by atoms with Gasteiger partial charge in [-0.25, -0.2) is 4.98 Å². The van der Waals surface area contributed by atoms with E-state index < -0.39 is 17.7 Å². The number of benzene rings is 2. The number of fused-ring (bicyclic) bond motifs is 1. The highest BCUT2D eigenvalue weighted by Gasteiger charge is 2.48. The van der Waals surface area contributed by atoms with Crippen LogP contribution in [0.2, 0.25) is 10.0 Å². The lowest BCUT2D eigenvalue weighted by Gasteiger charge is -2.22. The summed E-state index contributed by atoms with van der Waals surface area (Å²) in [6.07, 6.45) is 1.55. The summed E-state index contributed by atoms with van der Waals surface area (Å²) in [5.74, 6) is -1.88. The molecule has 3 heterocycles. The molecular formula is C24H16Cl2N4O3. The number of H-pyrrole nitrogens is 1. The summed E-state index contributed by atoms with van der Waals surface area (Å²) in [4.78, 5) is 39.6. The molecule has 9 heteroatoms. The summed E-state index contributed by atoms with van der Waals surface area (Å²) in [6.45, 7) is 1.94. The average Bonchev–Trinajstić information content (AvgIpc) is 3.33. The van der Waals surface area contributed by atoms with Crippen LogP contribution in [0.4, 0.5) is 5.95 Å². The van der Waals surface area contributed by atoms with Crippen molar-refractivity contribution in [1.29, 1.82) is 0 Å². The molecule has 0 aliphatic carbocycles. The summed E-state index contributed by atoms with van der Waals surface area (Å²) in [5, 5.41) is 11.6. The first kappa shape index (κ1) is 21.2. The van der Waals surface area contributed by atoms with E-state index in [0.29, 0.717) is 16.2 Å². The number of halogens is 2. The van der Waals surface area contributed by atoms with Crippen molar-refractivity contribution in [2.45, 2.75) is 13.0 Å². The van der Waals surface area contributed by atoms with Gasteiger partial charge in [-0.05, 0) is 55.0 Å². The van der Waals surface area contributed by atoms with Crippen molar-refractivity contribution >= 4 is 57.6 Å². The van der Waals surface area contributed by atoms with Crippen molar-refractivity contribution in [3.05, 3.63) is 93.2 Å². The van der Waals surface area contributed by atoms with Crippen LogP contribution in [0.5, 0.6) is 0 Å². The molecule has 0 bridgehead atoms. The van der Waals surface area contributed by atoms with E-state index in [9.17, 15) is 14.7 Å².